The smallest absolute Gasteiger partial charge is 0.0558 e. The van der Waals surface area contributed by atoms with Crippen molar-refractivity contribution in [1.82, 2.24) is 0 Å². The maximum atomic E-state index is 5.98. The number of hydrogen-bond donors (Lipinski definition) is 1. The van der Waals surface area contributed by atoms with Crippen LogP contribution in [-0.2, 0) is 4.74 Å². The lowest BCUT2D eigenvalue weighted by molar-refractivity contribution is 0.102. The fraction of sp³-hybridized carbons (Fsp3) is 1.00. The van der Waals surface area contributed by atoms with E-state index in [1.54, 1.807) is 7.11 Å². The number of rotatable bonds is 5. The van der Waals surface area contributed by atoms with Gasteiger partial charge in [0.05, 0.1) is 6.10 Å². The molecule has 0 rings (SSSR count). The molecule has 0 aliphatic heterocycles. The summed E-state index contributed by atoms with van der Waals surface area (Å²) in [7, 11) is 1.74. The highest BCUT2D eigenvalue weighted by molar-refractivity contribution is 4.70. The van der Waals surface area contributed by atoms with Crippen LogP contribution in [0.5, 0.6) is 0 Å². The molecule has 2 nitrogen and oxygen atoms in total. The zero-order valence-electron chi connectivity index (χ0n) is 9.76. The van der Waals surface area contributed by atoms with Gasteiger partial charge >= 0.3 is 0 Å². The highest BCUT2D eigenvalue weighted by Gasteiger charge is 2.14. The van der Waals surface area contributed by atoms with E-state index in [0.717, 1.165) is 12.8 Å². The van der Waals surface area contributed by atoms with Gasteiger partial charge in [0, 0.05) is 13.2 Å². The van der Waals surface area contributed by atoms with Crippen LogP contribution in [0.25, 0.3) is 0 Å². The highest BCUT2D eigenvalue weighted by Crippen LogP contribution is 2.22. The molecule has 0 aliphatic carbocycles. The maximum absolute atomic E-state index is 5.98. The SMILES string of the molecule is COC(C)CC(N)CCC(C)(C)C. The third kappa shape index (κ3) is 8.26. The summed E-state index contributed by atoms with van der Waals surface area (Å²) in [5.41, 5.74) is 6.37. The summed E-state index contributed by atoms with van der Waals surface area (Å²) in [6, 6.07) is 0.286. The summed E-state index contributed by atoms with van der Waals surface area (Å²) >= 11 is 0. The molecular weight excluding hydrogens is 162 g/mol. The van der Waals surface area contributed by atoms with Crippen LogP contribution in [-0.4, -0.2) is 19.3 Å². The van der Waals surface area contributed by atoms with Crippen molar-refractivity contribution in [2.75, 3.05) is 7.11 Å². The van der Waals surface area contributed by atoms with Crippen molar-refractivity contribution in [3.05, 3.63) is 0 Å². The van der Waals surface area contributed by atoms with Gasteiger partial charge in [0.25, 0.3) is 0 Å². The lowest BCUT2D eigenvalue weighted by Gasteiger charge is -2.22. The molecule has 0 fully saturated rings. The lowest BCUT2D eigenvalue weighted by atomic mass is 9.88. The molecule has 0 aromatic carbocycles. The molecule has 0 aliphatic rings. The summed E-state index contributed by atoms with van der Waals surface area (Å²) in [5.74, 6) is 0. The first-order valence-electron chi connectivity index (χ1n) is 5.13. The van der Waals surface area contributed by atoms with E-state index < -0.39 is 0 Å². The molecule has 0 saturated heterocycles. The minimum absolute atomic E-state index is 0.286. The molecule has 0 aromatic rings. The predicted octanol–water partition coefficient (Wildman–Crippen LogP) is 2.57. The van der Waals surface area contributed by atoms with E-state index in [4.69, 9.17) is 10.5 Å². The Morgan fingerprint density at radius 2 is 1.85 bits per heavy atom. The molecule has 80 valence electrons. The number of methoxy groups -OCH3 is 1. The third-order valence-corrected chi connectivity index (χ3v) is 2.30. The van der Waals surface area contributed by atoms with Crippen LogP contribution in [0.1, 0.15) is 47.0 Å². The Morgan fingerprint density at radius 1 is 1.31 bits per heavy atom. The highest BCUT2D eigenvalue weighted by atomic mass is 16.5. The van der Waals surface area contributed by atoms with Gasteiger partial charge in [-0.25, -0.2) is 0 Å². The predicted molar refractivity (Wildman–Crippen MR) is 57.8 cm³/mol. The van der Waals surface area contributed by atoms with Crippen LogP contribution < -0.4 is 5.73 Å². The molecule has 0 heterocycles. The number of ether oxygens (including phenoxy) is 1. The summed E-state index contributed by atoms with van der Waals surface area (Å²) in [6.07, 6.45) is 3.53. The molecule has 0 bridgehead atoms. The Morgan fingerprint density at radius 3 is 2.23 bits per heavy atom. The molecule has 13 heavy (non-hydrogen) atoms. The van der Waals surface area contributed by atoms with Crippen LogP contribution in [0, 0.1) is 5.41 Å². The van der Waals surface area contributed by atoms with Crippen molar-refractivity contribution in [1.29, 1.82) is 0 Å². The van der Waals surface area contributed by atoms with Gasteiger partial charge in [0.1, 0.15) is 0 Å². The van der Waals surface area contributed by atoms with Gasteiger partial charge in [-0.05, 0) is 31.6 Å². The maximum Gasteiger partial charge on any atom is 0.0558 e. The summed E-state index contributed by atoms with van der Waals surface area (Å²) in [5, 5.41) is 0. The second-order valence-corrected chi connectivity index (χ2v) is 5.14. The quantitative estimate of drug-likeness (QED) is 0.718. The van der Waals surface area contributed by atoms with Crippen molar-refractivity contribution in [2.24, 2.45) is 11.1 Å². The average molecular weight is 187 g/mol. The summed E-state index contributed by atoms with van der Waals surface area (Å²) in [6.45, 7) is 8.81. The standard InChI is InChI=1S/C11H25NO/c1-9(13-5)8-10(12)6-7-11(2,3)4/h9-10H,6-8,12H2,1-5H3. The van der Waals surface area contributed by atoms with E-state index >= 15 is 0 Å². The van der Waals surface area contributed by atoms with Crippen LogP contribution in [0.4, 0.5) is 0 Å². The van der Waals surface area contributed by atoms with Gasteiger partial charge in [0.15, 0.2) is 0 Å². The lowest BCUT2D eigenvalue weighted by Crippen LogP contribution is -2.27. The molecular formula is C11H25NO. The van der Waals surface area contributed by atoms with Gasteiger partial charge in [-0.1, -0.05) is 20.8 Å². The molecule has 0 spiro atoms. The van der Waals surface area contributed by atoms with Crippen LogP contribution in [0.15, 0.2) is 0 Å². The molecule has 0 saturated carbocycles. The normalized spacial score (nSPS) is 17.1. The molecule has 2 N–H and O–H groups in total. The third-order valence-electron chi connectivity index (χ3n) is 2.30. The van der Waals surface area contributed by atoms with Crippen LogP contribution in [0.2, 0.25) is 0 Å². The first kappa shape index (κ1) is 12.9. The summed E-state index contributed by atoms with van der Waals surface area (Å²) in [4.78, 5) is 0. The molecule has 0 amide bonds. The second kappa shape index (κ2) is 5.61. The molecule has 2 heteroatoms. The van der Waals surface area contributed by atoms with Crippen molar-refractivity contribution in [3.63, 3.8) is 0 Å². The Hall–Kier alpha value is -0.0800. The van der Waals surface area contributed by atoms with Crippen molar-refractivity contribution >= 4 is 0 Å². The Bertz CT molecular complexity index is 129. The fourth-order valence-electron chi connectivity index (χ4n) is 1.26. The Kier molecular flexibility index (Phi) is 5.57. The second-order valence-electron chi connectivity index (χ2n) is 5.14. The monoisotopic (exact) mass is 187 g/mol. The zero-order chi connectivity index (χ0) is 10.5. The van der Waals surface area contributed by atoms with E-state index in [-0.39, 0.29) is 12.1 Å². The number of nitrogens with two attached hydrogens (primary N) is 1. The van der Waals surface area contributed by atoms with Gasteiger partial charge in [-0.2, -0.15) is 0 Å². The topological polar surface area (TPSA) is 35.2 Å². The zero-order valence-corrected chi connectivity index (χ0v) is 9.76. The largest absolute Gasteiger partial charge is 0.382 e. The molecule has 0 aromatic heterocycles. The van der Waals surface area contributed by atoms with E-state index in [1.807, 2.05) is 0 Å². The molecule has 2 atom stereocenters. The number of hydrogen-bond acceptors (Lipinski definition) is 2. The first-order chi connectivity index (χ1) is 5.85. The Balaban J connectivity index is 3.57. The molecule has 2 unspecified atom stereocenters. The van der Waals surface area contributed by atoms with Gasteiger partial charge in [-0.3, -0.25) is 0 Å². The summed E-state index contributed by atoms with van der Waals surface area (Å²) < 4.78 is 5.17. The average Bonchev–Trinajstić information content (AvgIpc) is 1.99. The van der Waals surface area contributed by atoms with E-state index in [0.29, 0.717) is 5.41 Å². The van der Waals surface area contributed by atoms with Crippen molar-refractivity contribution in [2.45, 2.75) is 59.1 Å². The minimum Gasteiger partial charge on any atom is -0.382 e. The van der Waals surface area contributed by atoms with Crippen LogP contribution >= 0.6 is 0 Å². The van der Waals surface area contributed by atoms with Gasteiger partial charge < -0.3 is 10.5 Å². The van der Waals surface area contributed by atoms with Gasteiger partial charge in [0.2, 0.25) is 0 Å². The minimum atomic E-state index is 0.286. The van der Waals surface area contributed by atoms with E-state index in [9.17, 15) is 0 Å². The van der Waals surface area contributed by atoms with E-state index in [2.05, 4.69) is 27.7 Å². The van der Waals surface area contributed by atoms with Crippen LogP contribution in [0.3, 0.4) is 0 Å². The Labute approximate surface area is 82.8 Å². The van der Waals surface area contributed by atoms with Crippen molar-refractivity contribution < 1.29 is 4.74 Å². The van der Waals surface area contributed by atoms with E-state index in [1.165, 1.54) is 6.42 Å². The first-order valence-corrected chi connectivity index (χ1v) is 5.13. The van der Waals surface area contributed by atoms with Gasteiger partial charge in [-0.15, -0.1) is 0 Å². The van der Waals surface area contributed by atoms with Crippen molar-refractivity contribution in [3.8, 4) is 0 Å². The fourth-order valence-corrected chi connectivity index (χ4v) is 1.26. The molecule has 0 radical (unpaired) electrons.